The van der Waals surface area contributed by atoms with Crippen molar-refractivity contribution < 1.29 is 27.6 Å². The Kier molecular flexibility index (Phi) is 4.96. The van der Waals surface area contributed by atoms with Gasteiger partial charge in [0.2, 0.25) is 5.75 Å². The highest BCUT2D eigenvalue weighted by Crippen LogP contribution is 2.37. The van der Waals surface area contributed by atoms with Crippen molar-refractivity contribution in [3.05, 3.63) is 63.7 Å². The zero-order valence-corrected chi connectivity index (χ0v) is 13.2. The molecule has 6 nitrogen and oxygen atoms in total. The number of alkyl halides is 3. The first-order valence-corrected chi connectivity index (χ1v) is 6.95. The summed E-state index contributed by atoms with van der Waals surface area (Å²) in [5.74, 6) is -0.574. The van der Waals surface area contributed by atoms with Gasteiger partial charge in [0.1, 0.15) is 5.75 Å². The predicted octanol–water partition coefficient (Wildman–Crippen LogP) is 4.11. The second-order valence-electron chi connectivity index (χ2n) is 5.27. The van der Waals surface area contributed by atoms with Crippen molar-refractivity contribution in [2.24, 2.45) is 0 Å². The maximum absolute atomic E-state index is 12.7. The van der Waals surface area contributed by atoms with Gasteiger partial charge in [0.15, 0.2) is 0 Å². The molecular weight excluding hydrogens is 341 g/mol. The molecule has 0 N–H and O–H groups in total. The number of carbonyl (C=O) groups excluding carboxylic acids is 1. The highest BCUT2D eigenvalue weighted by atomic mass is 19.4. The number of nitrogens with zero attached hydrogens (tertiary/aromatic N) is 2. The van der Waals surface area contributed by atoms with Crippen molar-refractivity contribution >= 4 is 11.6 Å². The third-order valence-electron chi connectivity index (χ3n) is 3.20. The van der Waals surface area contributed by atoms with Crippen LogP contribution in [0.5, 0.6) is 11.5 Å². The van der Waals surface area contributed by atoms with Gasteiger partial charge >= 0.3 is 11.9 Å². The molecule has 0 atom stereocenters. The zero-order valence-electron chi connectivity index (χ0n) is 13.2. The molecule has 0 aliphatic rings. The molecule has 0 heterocycles. The number of rotatable bonds is 4. The molecule has 25 heavy (non-hydrogen) atoms. The highest BCUT2D eigenvalue weighted by Gasteiger charge is 2.33. The van der Waals surface area contributed by atoms with E-state index < -0.39 is 22.4 Å². The summed E-state index contributed by atoms with van der Waals surface area (Å²) < 4.78 is 43.4. The Morgan fingerprint density at radius 1 is 1.16 bits per heavy atom. The van der Waals surface area contributed by atoms with Crippen molar-refractivity contribution in [2.45, 2.75) is 6.18 Å². The maximum atomic E-state index is 12.7. The Bertz CT molecular complexity index is 819. The molecule has 0 bridgehead atoms. The second-order valence-corrected chi connectivity index (χ2v) is 5.27. The Hall–Kier alpha value is -3.10. The average Bonchev–Trinajstić information content (AvgIpc) is 2.53. The Morgan fingerprint density at radius 2 is 1.84 bits per heavy atom. The summed E-state index contributed by atoms with van der Waals surface area (Å²) in [7, 11) is 3.10. The topological polar surface area (TPSA) is 72.7 Å². The first kappa shape index (κ1) is 18.2. The summed E-state index contributed by atoms with van der Waals surface area (Å²) in [6, 6.07) is 7.79. The number of amides is 1. The molecule has 0 saturated carbocycles. The summed E-state index contributed by atoms with van der Waals surface area (Å²) in [6.07, 6.45) is -4.71. The lowest BCUT2D eigenvalue weighted by Gasteiger charge is -2.12. The lowest BCUT2D eigenvalue weighted by atomic mass is 10.1. The fourth-order valence-electron chi connectivity index (χ4n) is 2.00. The second kappa shape index (κ2) is 6.80. The van der Waals surface area contributed by atoms with Crippen LogP contribution in [0.15, 0.2) is 42.5 Å². The van der Waals surface area contributed by atoms with Gasteiger partial charge in [0.05, 0.1) is 10.5 Å². The maximum Gasteiger partial charge on any atom is 0.416 e. The number of benzene rings is 2. The van der Waals surface area contributed by atoms with Gasteiger partial charge in [-0.3, -0.25) is 14.9 Å². The number of halogens is 3. The number of nitro benzene ring substituents is 1. The molecule has 0 saturated heterocycles. The molecule has 2 aromatic carbocycles. The SMILES string of the molecule is CN(C)C(=O)c1cccc(Oc2ccc(C(F)(F)F)cc2[N+](=O)[O-])c1. The van der Waals surface area contributed by atoms with Crippen LogP contribution >= 0.6 is 0 Å². The third kappa shape index (κ3) is 4.25. The van der Waals surface area contributed by atoms with Gasteiger partial charge in [-0.1, -0.05) is 6.07 Å². The normalized spacial score (nSPS) is 11.1. The molecule has 0 aliphatic carbocycles. The monoisotopic (exact) mass is 354 g/mol. The molecule has 0 spiro atoms. The van der Waals surface area contributed by atoms with Crippen molar-refractivity contribution in [2.75, 3.05) is 14.1 Å². The quantitative estimate of drug-likeness (QED) is 0.612. The summed E-state index contributed by atoms with van der Waals surface area (Å²) in [4.78, 5) is 23.3. The van der Waals surface area contributed by atoms with Gasteiger partial charge in [-0.25, -0.2) is 0 Å². The molecule has 0 fully saturated rings. The van der Waals surface area contributed by atoms with Crippen LogP contribution in [0.1, 0.15) is 15.9 Å². The number of hydrogen-bond donors (Lipinski definition) is 0. The van der Waals surface area contributed by atoms with E-state index in [1.807, 2.05) is 0 Å². The van der Waals surface area contributed by atoms with E-state index in [-0.39, 0.29) is 23.0 Å². The molecule has 132 valence electrons. The van der Waals surface area contributed by atoms with E-state index in [9.17, 15) is 28.1 Å². The minimum Gasteiger partial charge on any atom is -0.450 e. The predicted molar refractivity (Wildman–Crippen MR) is 82.6 cm³/mol. The Morgan fingerprint density at radius 3 is 2.40 bits per heavy atom. The largest absolute Gasteiger partial charge is 0.450 e. The van der Waals surface area contributed by atoms with Crippen LogP contribution in [0, 0.1) is 10.1 Å². The Balaban J connectivity index is 2.39. The van der Waals surface area contributed by atoms with Gasteiger partial charge in [0.25, 0.3) is 5.91 Å². The van der Waals surface area contributed by atoms with Gasteiger partial charge in [-0.2, -0.15) is 13.2 Å². The summed E-state index contributed by atoms with van der Waals surface area (Å²) >= 11 is 0. The number of nitro groups is 1. The molecule has 2 aromatic rings. The number of ether oxygens (including phenoxy) is 1. The average molecular weight is 354 g/mol. The van der Waals surface area contributed by atoms with Crippen LogP contribution < -0.4 is 4.74 Å². The Labute approximate surface area is 140 Å². The first-order valence-electron chi connectivity index (χ1n) is 6.95. The minimum absolute atomic E-state index is 0.0931. The van der Waals surface area contributed by atoms with E-state index in [1.165, 1.54) is 29.2 Å². The minimum atomic E-state index is -4.71. The number of carbonyl (C=O) groups is 1. The molecular formula is C16H13F3N2O4. The lowest BCUT2D eigenvalue weighted by molar-refractivity contribution is -0.385. The van der Waals surface area contributed by atoms with E-state index in [4.69, 9.17) is 4.74 Å². The summed E-state index contributed by atoms with van der Waals surface area (Å²) in [5.41, 5.74) is -1.70. The van der Waals surface area contributed by atoms with E-state index >= 15 is 0 Å². The van der Waals surface area contributed by atoms with E-state index in [0.29, 0.717) is 12.1 Å². The smallest absolute Gasteiger partial charge is 0.416 e. The highest BCUT2D eigenvalue weighted by molar-refractivity contribution is 5.94. The molecule has 0 unspecified atom stereocenters. The molecule has 0 radical (unpaired) electrons. The first-order chi connectivity index (χ1) is 11.6. The van der Waals surface area contributed by atoms with Gasteiger partial charge < -0.3 is 9.64 Å². The fraction of sp³-hybridized carbons (Fsp3) is 0.188. The molecule has 0 aliphatic heterocycles. The molecule has 2 rings (SSSR count). The van der Waals surface area contributed by atoms with Crippen molar-refractivity contribution in [1.29, 1.82) is 0 Å². The zero-order chi connectivity index (χ0) is 18.8. The van der Waals surface area contributed by atoms with Crippen LogP contribution in [-0.4, -0.2) is 29.8 Å². The van der Waals surface area contributed by atoms with Crippen LogP contribution in [0.25, 0.3) is 0 Å². The van der Waals surface area contributed by atoms with Gasteiger partial charge in [0, 0.05) is 25.7 Å². The van der Waals surface area contributed by atoms with Gasteiger partial charge in [-0.15, -0.1) is 0 Å². The van der Waals surface area contributed by atoms with Crippen molar-refractivity contribution in [3.63, 3.8) is 0 Å². The van der Waals surface area contributed by atoms with Gasteiger partial charge in [-0.05, 0) is 30.3 Å². The van der Waals surface area contributed by atoms with Crippen molar-refractivity contribution in [1.82, 2.24) is 4.90 Å². The van der Waals surface area contributed by atoms with E-state index in [0.717, 1.165) is 6.07 Å². The van der Waals surface area contributed by atoms with Crippen LogP contribution in [0.2, 0.25) is 0 Å². The summed E-state index contributed by atoms with van der Waals surface area (Å²) in [5, 5.41) is 11.1. The van der Waals surface area contributed by atoms with Crippen LogP contribution in [-0.2, 0) is 6.18 Å². The molecule has 9 heteroatoms. The standard InChI is InChI=1S/C16H13F3N2O4/c1-20(2)15(22)10-4-3-5-12(8-10)25-14-7-6-11(16(17,18)19)9-13(14)21(23)24/h3-9H,1-2H3. The van der Waals surface area contributed by atoms with Crippen molar-refractivity contribution in [3.8, 4) is 11.5 Å². The van der Waals surface area contributed by atoms with E-state index in [2.05, 4.69) is 0 Å². The van der Waals surface area contributed by atoms with Crippen LogP contribution in [0.3, 0.4) is 0 Å². The number of hydrogen-bond acceptors (Lipinski definition) is 4. The molecule has 1 amide bonds. The lowest BCUT2D eigenvalue weighted by Crippen LogP contribution is -2.21. The fourth-order valence-corrected chi connectivity index (χ4v) is 2.00. The third-order valence-corrected chi connectivity index (χ3v) is 3.20. The van der Waals surface area contributed by atoms with E-state index in [1.54, 1.807) is 14.1 Å². The summed E-state index contributed by atoms with van der Waals surface area (Å²) in [6.45, 7) is 0. The van der Waals surface area contributed by atoms with Crippen LogP contribution in [0.4, 0.5) is 18.9 Å². The molecule has 0 aromatic heterocycles.